The summed E-state index contributed by atoms with van der Waals surface area (Å²) in [6.45, 7) is 3.15. The summed E-state index contributed by atoms with van der Waals surface area (Å²) in [4.78, 5) is 10.8. The standard InChI is InChI=1S/C9H11NO2/c1-7-5-3-4-6-9(7)10(12)8(2)11/h3-6,12H,1-2H3. The number of anilines is 1. The van der Waals surface area contributed by atoms with Crippen LogP contribution in [-0.4, -0.2) is 11.1 Å². The molecule has 1 N–H and O–H groups in total. The van der Waals surface area contributed by atoms with Crippen molar-refractivity contribution >= 4 is 11.6 Å². The molecule has 1 aromatic carbocycles. The van der Waals surface area contributed by atoms with Crippen LogP contribution < -0.4 is 5.06 Å². The van der Waals surface area contributed by atoms with Crippen molar-refractivity contribution in [2.24, 2.45) is 0 Å². The highest BCUT2D eigenvalue weighted by atomic mass is 16.5. The number of carbonyl (C=O) groups excluding carboxylic acids is 1. The van der Waals surface area contributed by atoms with Gasteiger partial charge in [0.05, 0.1) is 5.69 Å². The monoisotopic (exact) mass is 165 g/mol. The summed E-state index contributed by atoms with van der Waals surface area (Å²) in [6, 6.07) is 7.15. The highest BCUT2D eigenvalue weighted by Gasteiger charge is 2.08. The van der Waals surface area contributed by atoms with Crippen molar-refractivity contribution in [2.75, 3.05) is 5.06 Å². The fourth-order valence-corrected chi connectivity index (χ4v) is 0.971. The number of carbonyl (C=O) groups is 1. The minimum Gasteiger partial charge on any atom is -0.281 e. The molecule has 0 bridgehead atoms. The number of hydrogen-bond acceptors (Lipinski definition) is 2. The number of aryl methyl sites for hydroxylation is 1. The molecule has 0 spiro atoms. The zero-order valence-corrected chi connectivity index (χ0v) is 7.11. The van der Waals surface area contributed by atoms with Gasteiger partial charge in [-0.25, -0.2) is 0 Å². The maximum absolute atomic E-state index is 10.8. The average Bonchev–Trinajstić information content (AvgIpc) is 2.04. The smallest absolute Gasteiger partial charge is 0.247 e. The highest BCUT2D eigenvalue weighted by molar-refractivity contribution is 5.89. The molecule has 0 unspecified atom stereocenters. The van der Waals surface area contributed by atoms with Crippen LogP contribution in [0.3, 0.4) is 0 Å². The number of nitrogens with zero attached hydrogens (tertiary/aromatic N) is 1. The minimum atomic E-state index is -0.385. The lowest BCUT2D eigenvalue weighted by atomic mass is 10.2. The Balaban J connectivity index is 3.02. The fraction of sp³-hybridized carbons (Fsp3) is 0.222. The van der Waals surface area contributed by atoms with Gasteiger partial charge in [-0.2, -0.15) is 5.06 Å². The van der Waals surface area contributed by atoms with E-state index in [1.165, 1.54) is 6.92 Å². The predicted octanol–water partition coefficient (Wildman–Crippen LogP) is 1.74. The molecule has 0 radical (unpaired) electrons. The van der Waals surface area contributed by atoms with Gasteiger partial charge in [-0.05, 0) is 18.6 Å². The fourth-order valence-electron chi connectivity index (χ4n) is 0.971. The Hall–Kier alpha value is -1.35. The summed E-state index contributed by atoms with van der Waals surface area (Å²) in [6.07, 6.45) is 0. The van der Waals surface area contributed by atoms with E-state index in [1.807, 2.05) is 19.1 Å². The van der Waals surface area contributed by atoms with E-state index < -0.39 is 0 Å². The highest BCUT2D eigenvalue weighted by Crippen LogP contribution is 2.17. The molecule has 12 heavy (non-hydrogen) atoms. The van der Waals surface area contributed by atoms with E-state index in [-0.39, 0.29) is 5.91 Å². The maximum atomic E-state index is 10.8. The molecular formula is C9H11NO2. The summed E-state index contributed by atoms with van der Waals surface area (Å²) in [7, 11) is 0. The average molecular weight is 165 g/mol. The predicted molar refractivity (Wildman–Crippen MR) is 46.1 cm³/mol. The van der Waals surface area contributed by atoms with Crippen LogP contribution >= 0.6 is 0 Å². The van der Waals surface area contributed by atoms with Gasteiger partial charge in [0.1, 0.15) is 0 Å². The Labute approximate surface area is 71.2 Å². The third-order valence-electron chi connectivity index (χ3n) is 1.64. The molecule has 0 aliphatic heterocycles. The van der Waals surface area contributed by atoms with Gasteiger partial charge in [0.25, 0.3) is 0 Å². The van der Waals surface area contributed by atoms with Gasteiger partial charge in [0.15, 0.2) is 0 Å². The zero-order valence-electron chi connectivity index (χ0n) is 7.11. The molecule has 0 atom stereocenters. The van der Waals surface area contributed by atoms with E-state index in [0.29, 0.717) is 10.8 Å². The topological polar surface area (TPSA) is 40.5 Å². The van der Waals surface area contributed by atoms with Gasteiger partial charge in [-0.3, -0.25) is 10.0 Å². The lowest BCUT2D eigenvalue weighted by Crippen LogP contribution is -2.24. The number of amides is 1. The van der Waals surface area contributed by atoms with Gasteiger partial charge in [-0.15, -0.1) is 0 Å². The lowest BCUT2D eigenvalue weighted by Gasteiger charge is -2.14. The Morgan fingerprint density at radius 1 is 1.42 bits per heavy atom. The molecule has 0 aliphatic rings. The molecule has 0 fully saturated rings. The van der Waals surface area contributed by atoms with E-state index in [9.17, 15) is 10.0 Å². The zero-order chi connectivity index (χ0) is 9.14. The first kappa shape index (κ1) is 8.74. The van der Waals surface area contributed by atoms with Gasteiger partial charge in [0, 0.05) is 6.92 Å². The van der Waals surface area contributed by atoms with Crippen molar-refractivity contribution in [2.45, 2.75) is 13.8 Å². The first-order valence-electron chi connectivity index (χ1n) is 3.68. The van der Waals surface area contributed by atoms with Crippen LogP contribution in [0.2, 0.25) is 0 Å². The van der Waals surface area contributed by atoms with Crippen LogP contribution in [0.4, 0.5) is 5.69 Å². The number of para-hydroxylation sites is 1. The summed E-state index contributed by atoms with van der Waals surface area (Å²) < 4.78 is 0. The molecule has 1 amide bonds. The maximum Gasteiger partial charge on any atom is 0.247 e. The Morgan fingerprint density at radius 3 is 2.50 bits per heavy atom. The molecule has 0 saturated carbocycles. The van der Waals surface area contributed by atoms with Crippen molar-refractivity contribution in [1.29, 1.82) is 0 Å². The normalized spacial score (nSPS) is 9.58. The molecule has 0 heterocycles. The summed E-state index contributed by atoms with van der Waals surface area (Å²) in [5.74, 6) is -0.385. The van der Waals surface area contributed by atoms with Crippen molar-refractivity contribution in [3.05, 3.63) is 29.8 Å². The van der Waals surface area contributed by atoms with E-state index in [4.69, 9.17) is 0 Å². The summed E-state index contributed by atoms with van der Waals surface area (Å²) >= 11 is 0. The van der Waals surface area contributed by atoms with Gasteiger partial charge in [0.2, 0.25) is 5.91 Å². The largest absolute Gasteiger partial charge is 0.281 e. The van der Waals surface area contributed by atoms with Crippen molar-refractivity contribution in [3.8, 4) is 0 Å². The van der Waals surface area contributed by atoms with Crippen LogP contribution in [0.25, 0.3) is 0 Å². The molecule has 1 aromatic rings. The Kier molecular flexibility index (Phi) is 2.45. The van der Waals surface area contributed by atoms with E-state index in [1.54, 1.807) is 12.1 Å². The molecular weight excluding hydrogens is 154 g/mol. The van der Waals surface area contributed by atoms with E-state index in [2.05, 4.69) is 0 Å². The van der Waals surface area contributed by atoms with Crippen LogP contribution in [0.15, 0.2) is 24.3 Å². The molecule has 3 nitrogen and oxygen atoms in total. The third kappa shape index (κ3) is 1.62. The SMILES string of the molecule is CC(=O)N(O)c1ccccc1C. The summed E-state index contributed by atoms with van der Waals surface area (Å²) in [5, 5.41) is 9.91. The Bertz CT molecular complexity index is 296. The second kappa shape index (κ2) is 3.36. The number of benzene rings is 1. The van der Waals surface area contributed by atoms with Crippen molar-refractivity contribution in [3.63, 3.8) is 0 Å². The van der Waals surface area contributed by atoms with Crippen molar-refractivity contribution < 1.29 is 10.0 Å². The van der Waals surface area contributed by atoms with Crippen molar-refractivity contribution in [1.82, 2.24) is 0 Å². The van der Waals surface area contributed by atoms with Crippen LogP contribution in [-0.2, 0) is 4.79 Å². The quantitative estimate of drug-likeness (QED) is 0.508. The third-order valence-corrected chi connectivity index (χ3v) is 1.64. The molecule has 0 aromatic heterocycles. The number of rotatable bonds is 1. The Morgan fingerprint density at radius 2 is 2.00 bits per heavy atom. The second-order valence-corrected chi connectivity index (χ2v) is 2.62. The van der Waals surface area contributed by atoms with E-state index in [0.717, 1.165) is 5.56 Å². The number of hydroxylamine groups is 1. The van der Waals surface area contributed by atoms with Gasteiger partial charge >= 0.3 is 0 Å². The minimum absolute atomic E-state index is 0.385. The molecule has 0 saturated heterocycles. The van der Waals surface area contributed by atoms with E-state index >= 15 is 0 Å². The van der Waals surface area contributed by atoms with Crippen LogP contribution in [0.5, 0.6) is 0 Å². The first-order chi connectivity index (χ1) is 5.63. The second-order valence-electron chi connectivity index (χ2n) is 2.62. The van der Waals surface area contributed by atoms with Crippen LogP contribution in [0, 0.1) is 6.92 Å². The lowest BCUT2D eigenvalue weighted by molar-refractivity contribution is -0.121. The summed E-state index contributed by atoms with van der Waals surface area (Å²) in [5.41, 5.74) is 1.40. The first-order valence-corrected chi connectivity index (χ1v) is 3.68. The molecule has 64 valence electrons. The van der Waals surface area contributed by atoms with Gasteiger partial charge < -0.3 is 0 Å². The molecule has 0 aliphatic carbocycles. The van der Waals surface area contributed by atoms with Crippen LogP contribution in [0.1, 0.15) is 12.5 Å². The molecule has 3 heteroatoms. The van der Waals surface area contributed by atoms with Gasteiger partial charge in [-0.1, -0.05) is 18.2 Å². The number of hydrogen-bond donors (Lipinski definition) is 1. The molecule has 1 rings (SSSR count).